The normalized spacial score (nSPS) is 11.3. The molecule has 4 aromatic rings. The van der Waals surface area contributed by atoms with E-state index in [2.05, 4.69) is 14.9 Å². The SMILES string of the molecule is CN(C)CCCCn1c(N)c(-c2nc3ccccc3n2C)c2nc(C#N)c(C#N)nc21. The molecule has 0 aliphatic heterocycles. The van der Waals surface area contributed by atoms with E-state index < -0.39 is 0 Å². The van der Waals surface area contributed by atoms with Crippen LogP contribution in [0.15, 0.2) is 24.3 Å². The number of aryl methyl sites for hydroxylation is 2. The molecule has 0 unspecified atom stereocenters. The van der Waals surface area contributed by atoms with Crippen LogP contribution in [0.3, 0.4) is 0 Å². The minimum Gasteiger partial charge on any atom is -0.384 e. The molecule has 31 heavy (non-hydrogen) atoms. The molecule has 9 heteroatoms. The van der Waals surface area contributed by atoms with Gasteiger partial charge in [0, 0.05) is 13.6 Å². The zero-order valence-electron chi connectivity index (χ0n) is 17.8. The number of nitrogen functional groups attached to an aromatic ring is 1. The summed E-state index contributed by atoms with van der Waals surface area (Å²) in [7, 11) is 6.00. The Labute approximate surface area is 180 Å². The van der Waals surface area contributed by atoms with Gasteiger partial charge < -0.3 is 19.8 Å². The average molecular weight is 413 g/mol. The number of hydrogen-bond acceptors (Lipinski definition) is 7. The van der Waals surface area contributed by atoms with Gasteiger partial charge in [-0.1, -0.05) is 12.1 Å². The first kappa shape index (κ1) is 20.3. The Balaban J connectivity index is 1.93. The van der Waals surface area contributed by atoms with E-state index in [1.165, 1.54) is 0 Å². The summed E-state index contributed by atoms with van der Waals surface area (Å²) < 4.78 is 3.84. The van der Waals surface area contributed by atoms with Crippen molar-refractivity contribution in [1.29, 1.82) is 10.5 Å². The topological polar surface area (TPSA) is 125 Å². The zero-order valence-corrected chi connectivity index (χ0v) is 17.8. The molecule has 0 saturated carbocycles. The largest absolute Gasteiger partial charge is 0.384 e. The Morgan fingerprint density at radius 1 is 1.03 bits per heavy atom. The number of benzene rings is 1. The van der Waals surface area contributed by atoms with Crippen molar-refractivity contribution < 1.29 is 0 Å². The van der Waals surface area contributed by atoms with Crippen molar-refractivity contribution >= 4 is 28.0 Å². The maximum Gasteiger partial charge on any atom is 0.179 e. The van der Waals surface area contributed by atoms with Crippen LogP contribution in [0.4, 0.5) is 5.82 Å². The molecular weight excluding hydrogens is 390 g/mol. The van der Waals surface area contributed by atoms with Crippen LogP contribution < -0.4 is 5.73 Å². The van der Waals surface area contributed by atoms with Crippen molar-refractivity contribution in [1.82, 2.24) is 29.0 Å². The van der Waals surface area contributed by atoms with Gasteiger partial charge >= 0.3 is 0 Å². The van der Waals surface area contributed by atoms with Gasteiger partial charge in [0.2, 0.25) is 0 Å². The summed E-state index contributed by atoms with van der Waals surface area (Å²) in [6, 6.07) is 11.8. The number of aromatic nitrogens is 5. The summed E-state index contributed by atoms with van der Waals surface area (Å²) in [5.41, 5.74) is 10.0. The number of nitrogens with two attached hydrogens (primary N) is 1. The highest BCUT2D eigenvalue weighted by atomic mass is 15.1. The van der Waals surface area contributed by atoms with Gasteiger partial charge in [-0.05, 0) is 45.6 Å². The van der Waals surface area contributed by atoms with E-state index in [1.807, 2.05) is 66.7 Å². The number of imidazole rings is 1. The third-order valence-corrected chi connectivity index (χ3v) is 5.38. The van der Waals surface area contributed by atoms with Crippen molar-refractivity contribution in [2.24, 2.45) is 7.05 Å². The maximum absolute atomic E-state index is 9.47. The van der Waals surface area contributed by atoms with Crippen LogP contribution >= 0.6 is 0 Å². The Kier molecular flexibility index (Phi) is 5.28. The van der Waals surface area contributed by atoms with E-state index in [9.17, 15) is 10.5 Å². The lowest BCUT2D eigenvalue weighted by atomic mass is 10.2. The summed E-state index contributed by atoms with van der Waals surface area (Å²) in [5, 5.41) is 18.9. The van der Waals surface area contributed by atoms with Gasteiger partial charge in [0.25, 0.3) is 0 Å². The fraction of sp³-hybridized carbons (Fsp3) is 0.318. The number of fused-ring (bicyclic) bond motifs is 2. The highest BCUT2D eigenvalue weighted by molar-refractivity contribution is 5.99. The molecule has 1 aromatic carbocycles. The van der Waals surface area contributed by atoms with E-state index in [-0.39, 0.29) is 11.4 Å². The molecule has 0 bridgehead atoms. The van der Waals surface area contributed by atoms with Crippen LogP contribution in [-0.4, -0.2) is 49.6 Å². The third-order valence-electron chi connectivity index (χ3n) is 5.38. The van der Waals surface area contributed by atoms with E-state index >= 15 is 0 Å². The minimum atomic E-state index is -0.0141. The van der Waals surface area contributed by atoms with Gasteiger partial charge in [-0.15, -0.1) is 0 Å². The Hall–Kier alpha value is -3.95. The van der Waals surface area contributed by atoms with E-state index in [0.717, 1.165) is 30.4 Å². The van der Waals surface area contributed by atoms with E-state index in [0.29, 0.717) is 34.9 Å². The number of nitriles is 2. The molecule has 4 rings (SSSR count). The molecular formula is C22H23N9. The molecule has 0 radical (unpaired) electrons. The van der Waals surface area contributed by atoms with Gasteiger partial charge in [-0.3, -0.25) is 0 Å². The first-order valence-electron chi connectivity index (χ1n) is 10.0. The van der Waals surface area contributed by atoms with Crippen molar-refractivity contribution in [3.05, 3.63) is 35.7 Å². The predicted octanol–water partition coefficient (Wildman–Crippen LogP) is 2.65. The molecule has 3 heterocycles. The minimum absolute atomic E-state index is 0.00130. The summed E-state index contributed by atoms with van der Waals surface area (Å²) in [5.74, 6) is 1.14. The van der Waals surface area contributed by atoms with Gasteiger partial charge in [0.1, 0.15) is 29.3 Å². The van der Waals surface area contributed by atoms with Crippen molar-refractivity contribution in [2.45, 2.75) is 19.4 Å². The monoisotopic (exact) mass is 413 g/mol. The molecule has 0 spiro atoms. The number of para-hydroxylation sites is 2. The third kappa shape index (κ3) is 3.45. The quantitative estimate of drug-likeness (QED) is 0.482. The van der Waals surface area contributed by atoms with Crippen LogP contribution in [0.2, 0.25) is 0 Å². The highest BCUT2D eigenvalue weighted by Crippen LogP contribution is 2.36. The second-order valence-electron chi connectivity index (χ2n) is 7.72. The zero-order chi connectivity index (χ0) is 22.1. The Bertz CT molecular complexity index is 1360. The van der Waals surface area contributed by atoms with Crippen LogP contribution in [0, 0.1) is 22.7 Å². The van der Waals surface area contributed by atoms with Crippen LogP contribution in [-0.2, 0) is 13.6 Å². The summed E-state index contributed by atoms with van der Waals surface area (Å²) in [4.78, 5) is 15.8. The first-order chi connectivity index (χ1) is 15.0. The maximum atomic E-state index is 9.47. The van der Waals surface area contributed by atoms with Gasteiger partial charge in [0.05, 0.1) is 16.6 Å². The fourth-order valence-corrected chi connectivity index (χ4v) is 3.82. The molecule has 156 valence electrons. The average Bonchev–Trinajstić information content (AvgIpc) is 3.23. The summed E-state index contributed by atoms with van der Waals surface area (Å²) in [6.45, 7) is 1.59. The Morgan fingerprint density at radius 3 is 2.42 bits per heavy atom. The molecule has 0 fully saturated rings. The van der Waals surface area contributed by atoms with Crippen LogP contribution in [0.5, 0.6) is 0 Å². The fourth-order valence-electron chi connectivity index (χ4n) is 3.82. The number of rotatable bonds is 6. The molecule has 2 N–H and O–H groups in total. The van der Waals surface area contributed by atoms with Gasteiger partial charge in [0.15, 0.2) is 17.0 Å². The number of nitrogens with zero attached hydrogens (tertiary/aromatic N) is 8. The van der Waals surface area contributed by atoms with Crippen LogP contribution in [0.25, 0.3) is 33.6 Å². The lowest BCUT2D eigenvalue weighted by Gasteiger charge is -2.11. The number of hydrogen-bond donors (Lipinski definition) is 1. The molecule has 0 aliphatic rings. The van der Waals surface area contributed by atoms with Crippen molar-refractivity contribution in [3.8, 4) is 23.5 Å². The molecule has 0 aliphatic carbocycles. The lowest BCUT2D eigenvalue weighted by Crippen LogP contribution is -2.14. The van der Waals surface area contributed by atoms with E-state index in [4.69, 9.17) is 10.7 Å². The molecule has 0 amide bonds. The molecule has 0 saturated heterocycles. The lowest BCUT2D eigenvalue weighted by molar-refractivity contribution is 0.388. The second-order valence-corrected chi connectivity index (χ2v) is 7.72. The smallest absolute Gasteiger partial charge is 0.179 e. The first-order valence-corrected chi connectivity index (χ1v) is 10.0. The van der Waals surface area contributed by atoms with Gasteiger partial charge in [-0.25, -0.2) is 15.0 Å². The highest BCUT2D eigenvalue weighted by Gasteiger charge is 2.25. The predicted molar refractivity (Wildman–Crippen MR) is 119 cm³/mol. The van der Waals surface area contributed by atoms with E-state index in [1.54, 1.807) is 0 Å². The number of anilines is 1. The molecule has 0 atom stereocenters. The standard InChI is InChI=1S/C22H23N9/c1-29(2)10-6-7-11-31-20(25)18(19-22(31)28-16(13-24)15(12-23)26-19)21-27-14-8-4-5-9-17(14)30(21)3/h4-5,8-9H,6-7,10-11,25H2,1-3H3. The molecule has 9 nitrogen and oxygen atoms in total. The number of unbranched alkanes of at least 4 members (excludes halogenated alkanes) is 1. The second kappa shape index (κ2) is 8.05. The summed E-state index contributed by atoms with van der Waals surface area (Å²) in [6.07, 6.45) is 1.88. The van der Waals surface area contributed by atoms with Crippen molar-refractivity contribution in [3.63, 3.8) is 0 Å². The summed E-state index contributed by atoms with van der Waals surface area (Å²) >= 11 is 0. The Morgan fingerprint density at radius 2 is 1.74 bits per heavy atom. The molecule has 3 aromatic heterocycles. The van der Waals surface area contributed by atoms with Crippen molar-refractivity contribution in [2.75, 3.05) is 26.4 Å². The van der Waals surface area contributed by atoms with Gasteiger partial charge in [-0.2, -0.15) is 10.5 Å². The van der Waals surface area contributed by atoms with Crippen LogP contribution in [0.1, 0.15) is 24.2 Å².